The highest BCUT2D eigenvalue weighted by atomic mass is 16.5. The van der Waals surface area contributed by atoms with Gasteiger partial charge in [-0.1, -0.05) is 12.1 Å². The summed E-state index contributed by atoms with van der Waals surface area (Å²) in [6.45, 7) is 7.45. The quantitative estimate of drug-likeness (QED) is 0.418. The van der Waals surface area contributed by atoms with Crippen molar-refractivity contribution in [2.75, 3.05) is 12.4 Å². The lowest BCUT2D eigenvalue weighted by atomic mass is 9.97. The Hall–Kier alpha value is -4.23. The molecule has 0 saturated carbocycles. The van der Waals surface area contributed by atoms with E-state index in [0.29, 0.717) is 35.2 Å². The number of ether oxygens (including phenoxy) is 1. The Bertz CT molecular complexity index is 1410. The molecule has 1 aromatic carbocycles. The van der Waals surface area contributed by atoms with Gasteiger partial charge in [-0.25, -0.2) is 14.6 Å². The second-order valence-electron chi connectivity index (χ2n) is 8.98. The third-order valence-corrected chi connectivity index (χ3v) is 5.66. The number of anilines is 2. The van der Waals surface area contributed by atoms with Crippen LogP contribution in [0.25, 0.3) is 17.1 Å². The van der Waals surface area contributed by atoms with Gasteiger partial charge in [0.2, 0.25) is 0 Å². The highest BCUT2D eigenvalue weighted by Crippen LogP contribution is 2.37. The Morgan fingerprint density at radius 3 is 2.49 bits per heavy atom. The van der Waals surface area contributed by atoms with Crippen LogP contribution in [0.2, 0.25) is 0 Å². The van der Waals surface area contributed by atoms with Crippen LogP contribution in [-0.2, 0) is 13.5 Å². The number of methoxy groups -OCH3 is 1. The van der Waals surface area contributed by atoms with Gasteiger partial charge in [0, 0.05) is 30.8 Å². The van der Waals surface area contributed by atoms with Crippen molar-refractivity contribution in [3.8, 4) is 28.9 Å². The molecule has 35 heavy (non-hydrogen) atoms. The molecular weight excluding hydrogens is 444 g/mol. The number of hydrogen-bond acceptors (Lipinski definition) is 8. The molecule has 0 aliphatic carbocycles. The largest absolute Gasteiger partial charge is 0.491 e. The van der Waals surface area contributed by atoms with Gasteiger partial charge in [-0.15, -0.1) is 0 Å². The van der Waals surface area contributed by atoms with Crippen molar-refractivity contribution < 1.29 is 9.84 Å². The molecule has 0 bridgehead atoms. The van der Waals surface area contributed by atoms with Crippen molar-refractivity contribution >= 4 is 11.6 Å². The van der Waals surface area contributed by atoms with Crippen molar-refractivity contribution in [3.63, 3.8) is 0 Å². The first-order valence-corrected chi connectivity index (χ1v) is 11.1. The van der Waals surface area contributed by atoms with Crippen LogP contribution < -0.4 is 10.1 Å². The van der Waals surface area contributed by atoms with Gasteiger partial charge < -0.3 is 15.2 Å². The number of aliphatic hydroxyl groups is 1. The summed E-state index contributed by atoms with van der Waals surface area (Å²) in [5, 5.41) is 31.8. The average molecular weight is 473 g/mol. The van der Waals surface area contributed by atoms with E-state index in [0.717, 1.165) is 28.2 Å². The molecule has 0 unspecified atom stereocenters. The zero-order chi connectivity index (χ0) is 25.3. The van der Waals surface area contributed by atoms with Crippen LogP contribution in [0.5, 0.6) is 5.75 Å². The van der Waals surface area contributed by atoms with E-state index in [-0.39, 0.29) is 0 Å². The summed E-state index contributed by atoms with van der Waals surface area (Å²) in [6, 6.07) is 11.1. The topological polar surface area (TPSA) is 127 Å². The molecule has 10 nitrogen and oxygen atoms in total. The van der Waals surface area contributed by atoms with Crippen LogP contribution >= 0.6 is 0 Å². The minimum absolute atomic E-state index is 0.490. The highest BCUT2D eigenvalue weighted by molar-refractivity contribution is 5.76. The SMILES string of the molecule is COc1c(Nc2cc(-n3nc(C)c(CC(C)(C)O)c3C)ncn2)nn(C)c1-c1ccc(C#N)cc1. The van der Waals surface area contributed by atoms with Crippen LogP contribution in [-0.4, -0.2) is 47.3 Å². The second-order valence-corrected chi connectivity index (χ2v) is 8.98. The van der Waals surface area contributed by atoms with E-state index >= 15 is 0 Å². The van der Waals surface area contributed by atoms with Crippen LogP contribution in [0.15, 0.2) is 36.7 Å². The van der Waals surface area contributed by atoms with Gasteiger partial charge in [0.05, 0.1) is 30.0 Å². The molecule has 0 atom stereocenters. The maximum absolute atomic E-state index is 10.3. The number of nitrogens with zero attached hydrogens (tertiary/aromatic N) is 7. The lowest BCUT2D eigenvalue weighted by molar-refractivity contribution is 0.0806. The van der Waals surface area contributed by atoms with Crippen LogP contribution in [0.4, 0.5) is 11.6 Å². The standard InChI is InChI=1S/C25H28N8O2/c1-15-19(12-25(3,4)34)16(2)33(30-15)21-11-20(27-14-28-21)29-24-23(35-6)22(32(5)31-24)18-9-7-17(13-26)8-10-18/h7-11,14,34H,12H2,1-6H3,(H,27,28,29,31). The first-order valence-electron chi connectivity index (χ1n) is 11.1. The van der Waals surface area contributed by atoms with Gasteiger partial charge >= 0.3 is 0 Å². The van der Waals surface area contributed by atoms with E-state index in [4.69, 9.17) is 10.00 Å². The number of hydrogen-bond donors (Lipinski definition) is 2. The molecule has 3 heterocycles. The lowest BCUT2D eigenvalue weighted by Gasteiger charge is -2.17. The van der Waals surface area contributed by atoms with Crippen molar-refractivity contribution in [1.82, 2.24) is 29.5 Å². The van der Waals surface area contributed by atoms with Gasteiger partial charge in [-0.2, -0.15) is 15.5 Å². The van der Waals surface area contributed by atoms with E-state index in [1.165, 1.54) is 6.33 Å². The summed E-state index contributed by atoms with van der Waals surface area (Å²) in [5.41, 5.74) is 4.12. The molecule has 10 heteroatoms. The molecule has 180 valence electrons. The van der Waals surface area contributed by atoms with Gasteiger partial charge in [-0.05, 0) is 45.4 Å². The second kappa shape index (κ2) is 9.19. The van der Waals surface area contributed by atoms with E-state index in [9.17, 15) is 5.11 Å². The fourth-order valence-corrected chi connectivity index (χ4v) is 4.04. The summed E-state index contributed by atoms with van der Waals surface area (Å²) in [4.78, 5) is 8.74. The number of nitriles is 1. The predicted molar refractivity (Wildman–Crippen MR) is 132 cm³/mol. The summed E-state index contributed by atoms with van der Waals surface area (Å²) < 4.78 is 9.15. The summed E-state index contributed by atoms with van der Waals surface area (Å²) >= 11 is 0. The molecule has 3 aromatic heterocycles. The van der Waals surface area contributed by atoms with Crippen molar-refractivity contribution in [2.45, 2.75) is 39.7 Å². The summed E-state index contributed by atoms with van der Waals surface area (Å²) in [5.74, 6) is 2.16. The Morgan fingerprint density at radius 2 is 1.86 bits per heavy atom. The first kappa shape index (κ1) is 23.9. The summed E-state index contributed by atoms with van der Waals surface area (Å²) in [6.07, 6.45) is 1.95. The normalized spacial score (nSPS) is 11.4. The zero-order valence-electron chi connectivity index (χ0n) is 20.7. The molecule has 0 spiro atoms. The highest BCUT2D eigenvalue weighted by Gasteiger charge is 2.22. The smallest absolute Gasteiger partial charge is 0.196 e. The monoisotopic (exact) mass is 472 g/mol. The molecule has 0 amide bonds. The van der Waals surface area contributed by atoms with Crippen LogP contribution in [0.3, 0.4) is 0 Å². The molecule has 0 aliphatic heterocycles. The maximum atomic E-state index is 10.3. The van der Waals surface area contributed by atoms with E-state index < -0.39 is 5.60 Å². The number of nitrogens with one attached hydrogen (secondary N) is 1. The Kier molecular flexibility index (Phi) is 6.28. The Morgan fingerprint density at radius 1 is 1.14 bits per heavy atom. The molecule has 4 rings (SSSR count). The van der Waals surface area contributed by atoms with Crippen molar-refractivity contribution in [2.24, 2.45) is 7.05 Å². The third kappa shape index (κ3) is 4.85. The minimum atomic E-state index is -0.843. The fraction of sp³-hybridized carbons (Fsp3) is 0.320. The zero-order valence-corrected chi connectivity index (χ0v) is 20.7. The summed E-state index contributed by atoms with van der Waals surface area (Å²) in [7, 11) is 3.41. The maximum Gasteiger partial charge on any atom is 0.196 e. The van der Waals surface area contributed by atoms with E-state index in [2.05, 4.69) is 31.6 Å². The molecule has 4 aromatic rings. The number of aromatic nitrogens is 6. The lowest BCUT2D eigenvalue weighted by Crippen LogP contribution is -2.22. The minimum Gasteiger partial charge on any atom is -0.491 e. The molecule has 0 aliphatic rings. The Labute approximate surface area is 203 Å². The van der Waals surface area contributed by atoms with Gasteiger partial charge in [0.1, 0.15) is 17.8 Å². The Balaban J connectivity index is 1.67. The molecule has 0 saturated heterocycles. The van der Waals surface area contributed by atoms with Crippen molar-refractivity contribution in [3.05, 3.63) is 59.2 Å². The van der Waals surface area contributed by atoms with Crippen LogP contribution in [0, 0.1) is 25.2 Å². The van der Waals surface area contributed by atoms with E-state index in [1.54, 1.807) is 48.5 Å². The number of benzene rings is 1. The van der Waals surface area contributed by atoms with Gasteiger partial charge in [0.15, 0.2) is 17.4 Å². The molecule has 0 radical (unpaired) electrons. The first-order chi connectivity index (χ1) is 16.6. The van der Waals surface area contributed by atoms with Gasteiger partial charge in [-0.3, -0.25) is 4.68 Å². The average Bonchev–Trinajstić information content (AvgIpc) is 3.28. The molecule has 0 fully saturated rings. The molecule has 2 N–H and O–H groups in total. The number of rotatable bonds is 7. The van der Waals surface area contributed by atoms with Gasteiger partial charge in [0.25, 0.3) is 0 Å². The predicted octanol–water partition coefficient (Wildman–Crippen LogP) is 3.62. The third-order valence-electron chi connectivity index (χ3n) is 5.66. The van der Waals surface area contributed by atoms with E-state index in [1.807, 2.05) is 33.0 Å². The number of aryl methyl sites for hydroxylation is 2. The van der Waals surface area contributed by atoms with Crippen molar-refractivity contribution in [1.29, 1.82) is 5.26 Å². The fourth-order valence-electron chi connectivity index (χ4n) is 4.04. The van der Waals surface area contributed by atoms with Crippen LogP contribution in [0.1, 0.15) is 36.4 Å². The molecular formula is C25H28N8O2.